The topological polar surface area (TPSA) is 68.7 Å². The number of nitrogens with one attached hydrogen (secondary N) is 1. The van der Waals surface area contributed by atoms with E-state index in [1.54, 1.807) is 6.07 Å². The molecule has 0 saturated carbocycles. The minimum atomic E-state index is -0.991. The number of para-hydroxylation sites is 1. The predicted molar refractivity (Wildman–Crippen MR) is 129 cm³/mol. The summed E-state index contributed by atoms with van der Waals surface area (Å²) < 4.78 is 6.62. The number of likely N-dealkylation sites (tertiary alicyclic amines) is 1. The first-order chi connectivity index (χ1) is 16.6. The lowest BCUT2D eigenvalue weighted by Crippen LogP contribution is -2.74. The lowest BCUT2D eigenvalue weighted by atomic mass is 9.49. The van der Waals surface area contributed by atoms with Crippen LogP contribution in [0.25, 0.3) is 10.9 Å². The van der Waals surface area contributed by atoms with Gasteiger partial charge >= 0.3 is 0 Å². The van der Waals surface area contributed by atoms with Crippen LogP contribution in [-0.2, 0) is 24.8 Å². The van der Waals surface area contributed by atoms with Crippen molar-refractivity contribution in [2.75, 3.05) is 6.54 Å². The van der Waals surface area contributed by atoms with Gasteiger partial charge < -0.3 is 19.9 Å². The highest BCUT2D eigenvalue weighted by Gasteiger charge is 2.72. The Balaban J connectivity index is 1.37. The molecule has 4 aliphatic rings. The van der Waals surface area contributed by atoms with Crippen LogP contribution < -0.4 is 4.74 Å². The Labute approximate surface area is 197 Å². The standard InChI is InChI=1S/C29H26N2O3/c32-22-11-10-18-14-23-29(33)15-20-19-8-4-5-9-21(19)30-25(20)27-28(29,24(18)26(22)34-27)12-13-31(23)16-17-6-2-1-3-7-17/h1-11,23,27,30,32-33H,12-16H2/t23-,27+,28+,29-/m1/s1. The molecule has 0 unspecified atom stereocenters. The van der Waals surface area contributed by atoms with E-state index in [4.69, 9.17) is 4.74 Å². The van der Waals surface area contributed by atoms with Crippen LogP contribution in [0.3, 0.4) is 0 Å². The third kappa shape index (κ3) is 2.09. The summed E-state index contributed by atoms with van der Waals surface area (Å²) in [7, 11) is 0. The highest BCUT2D eigenvalue weighted by Crippen LogP contribution is 2.69. The molecular formula is C29H26N2O3. The van der Waals surface area contributed by atoms with E-state index in [1.165, 1.54) is 11.1 Å². The minimum Gasteiger partial charge on any atom is -0.504 e. The molecule has 5 heteroatoms. The molecule has 1 saturated heterocycles. The maximum atomic E-state index is 12.9. The number of rotatable bonds is 2. The van der Waals surface area contributed by atoms with Crippen molar-refractivity contribution in [2.24, 2.45) is 0 Å². The molecule has 34 heavy (non-hydrogen) atoms. The third-order valence-corrected chi connectivity index (χ3v) is 9.11. The first-order valence-corrected chi connectivity index (χ1v) is 12.2. The molecule has 2 aliphatic heterocycles. The van der Waals surface area contributed by atoms with Crippen molar-refractivity contribution in [3.8, 4) is 11.5 Å². The molecule has 170 valence electrons. The Morgan fingerprint density at radius 1 is 1.03 bits per heavy atom. The Morgan fingerprint density at radius 2 is 1.85 bits per heavy atom. The number of fused-ring (bicyclic) bond motifs is 4. The lowest BCUT2D eigenvalue weighted by Gasteiger charge is -2.62. The number of ether oxygens (including phenoxy) is 1. The second-order valence-electron chi connectivity index (χ2n) is 10.5. The van der Waals surface area contributed by atoms with Crippen LogP contribution in [0.2, 0.25) is 0 Å². The zero-order valence-electron chi connectivity index (χ0n) is 18.8. The van der Waals surface area contributed by atoms with Crippen LogP contribution in [0.15, 0.2) is 66.7 Å². The monoisotopic (exact) mass is 450 g/mol. The van der Waals surface area contributed by atoms with Crippen LogP contribution in [-0.4, -0.2) is 38.3 Å². The number of aromatic amines is 1. The maximum absolute atomic E-state index is 12.9. The summed E-state index contributed by atoms with van der Waals surface area (Å²) in [6.45, 7) is 1.70. The summed E-state index contributed by atoms with van der Waals surface area (Å²) in [5, 5.41) is 24.8. The zero-order valence-corrected chi connectivity index (χ0v) is 18.8. The fourth-order valence-corrected chi connectivity index (χ4v) is 7.73. The quantitative estimate of drug-likeness (QED) is 0.424. The van der Waals surface area contributed by atoms with Gasteiger partial charge in [-0.25, -0.2) is 0 Å². The highest BCUT2D eigenvalue weighted by molar-refractivity contribution is 5.86. The Kier molecular flexibility index (Phi) is 3.50. The SMILES string of the molecule is Oc1ccc2c3c1O[C@H]1c4[nH]c5ccccc5c4C[C@@]4(O)[C@@H](C2)N(Cc2ccccc2)CC[C@]314. The van der Waals surface area contributed by atoms with Crippen LogP contribution >= 0.6 is 0 Å². The van der Waals surface area contributed by atoms with Gasteiger partial charge in [-0.1, -0.05) is 54.6 Å². The number of aromatic hydroxyl groups is 1. The van der Waals surface area contributed by atoms with Crippen LogP contribution in [0.4, 0.5) is 0 Å². The van der Waals surface area contributed by atoms with Gasteiger partial charge in [0.05, 0.1) is 16.7 Å². The number of hydrogen-bond donors (Lipinski definition) is 3. The molecule has 3 heterocycles. The molecular weight excluding hydrogens is 424 g/mol. The number of piperidine rings is 1. The molecule has 8 rings (SSSR count). The van der Waals surface area contributed by atoms with Gasteiger partial charge in [0.15, 0.2) is 17.6 Å². The molecule has 2 bridgehead atoms. The average molecular weight is 451 g/mol. The number of H-pyrrole nitrogens is 1. The molecule has 4 aromatic rings. The first-order valence-electron chi connectivity index (χ1n) is 12.2. The Morgan fingerprint density at radius 3 is 2.74 bits per heavy atom. The normalized spacial score (nSPS) is 30.6. The van der Waals surface area contributed by atoms with Crippen molar-refractivity contribution in [3.63, 3.8) is 0 Å². The van der Waals surface area contributed by atoms with Gasteiger partial charge in [-0.15, -0.1) is 0 Å². The summed E-state index contributed by atoms with van der Waals surface area (Å²) >= 11 is 0. The molecule has 0 amide bonds. The molecule has 3 N–H and O–H groups in total. The van der Waals surface area contributed by atoms with Crippen molar-refractivity contribution in [1.82, 2.24) is 9.88 Å². The predicted octanol–water partition coefficient (Wildman–Crippen LogP) is 4.36. The molecule has 2 aliphatic carbocycles. The second kappa shape index (κ2) is 6.23. The van der Waals surface area contributed by atoms with Gasteiger partial charge in [0.25, 0.3) is 0 Å². The van der Waals surface area contributed by atoms with Gasteiger partial charge in [-0.3, -0.25) is 4.90 Å². The molecule has 5 nitrogen and oxygen atoms in total. The van der Waals surface area contributed by atoms with E-state index in [1.807, 2.05) is 18.2 Å². The number of phenols is 1. The number of phenolic OH excluding ortho intramolecular Hbond substituents is 1. The fraction of sp³-hybridized carbons (Fsp3) is 0.310. The van der Waals surface area contributed by atoms with Gasteiger partial charge in [0.1, 0.15) is 0 Å². The Hall–Kier alpha value is -3.28. The van der Waals surface area contributed by atoms with E-state index in [2.05, 4.69) is 52.3 Å². The summed E-state index contributed by atoms with van der Waals surface area (Å²) in [6.07, 6.45) is 1.78. The smallest absolute Gasteiger partial charge is 0.166 e. The molecule has 1 spiro atoms. The molecule has 1 fully saturated rings. The van der Waals surface area contributed by atoms with E-state index in [-0.39, 0.29) is 17.9 Å². The van der Waals surface area contributed by atoms with Crippen LogP contribution in [0, 0.1) is 0 Å². The number of aliphatic hydroxyl groups is 1. The van der Waals surface area contributed by atoms with Crippen LogP contribution in [0.5, 0.6) is 11.5 Å². The third-order valence-electron chi connectivity index (χ3n) is 9.11. The largest absolute Gasteiger partial charge is 0.504 e. The molecule has 4 atom stereocenters. The minimum absolute atomic E-state index is 0.0302. The number of benzene rings is 3. The van der Waals surface area contributed by atoms with E-state index in [0.29, 0.717) is 12.2 Å². The summed E-state index contributed by atoms with van der Waals surface area (Å²) in [4.78, 5) is 6.12. The summed E-state index contributed by atoms with van der Waals surface area (Å²) in [5.74, 6) is 0.745. The van der Waals surface area contributed by atoms with E-state index < -0.39 is 11.0 Å². The van der Waals surface area contributed by atoms with Gasteiger partial charge in [-0.05, 0) is 41.7 Å². The van der Waals surface area contributed by atoms with Crippen molar-refractivity contribution < 1.29 is 14.9 Å². The average Bonchev–Trinajstić information content (AvgIpc) is 3.38. The zero-order chi connectivity index (χ0) is 22.7. The summed E-state index contributed by atoms with van der Waals surface area (Å²) in [5.41, 5.74) is 5.23. The number of nitrogens with zero attached hydrogens (tertiary/aromatic N) is 1. The number of hydrogen-bond acceptors (Lipinski definition) is 4. The molecule has 0 radical (unpaired) electrons. The van der Waals surface area contributed by atoms with Crippen molar-refractivity contribution in [3.05, 3.63) is 94.7 Å². The Bertz CT molecular complexity index is 1480. The van der Waals surface area contributed by atoms with E-state index in [9.17, 15) is 10.2 Å². The maximum Gasteiger partial charge on any atom is 0.166 e. The van der Waals surface area contributed by atoms with Gasteiger partial charge in [0, 0.05) is 42.0 Å². The lowest BCUT2D eigenvalue weighted by molar-refractivity contribution is -0.174. The van der Waals surface area contributed by atoms with Gasteiger partial charge in [0.2, 0.25) is 0 Å². The first kappa shape index (κ1) is 19.1. The fourth-order valence-electron chi connectivity index (χ4n) is 7.73. The van der Waals surface area contributed by atoms with Crippen LogP contribution in [0.1, 0.15) is 40.5 Å². The molecule has 1 aromatic heterocycles. The molecule has 3 aromatic carbocycles. The summed E-state index contributed by atoms with van der Waals surface area (Å²) in [6, 6.07) is 22.7. The van der Waals surface area contributed by atoms with E-state index >= 15 is 0 Å². The van der Waals surface area contributed by atoms with Crippen molar-refractivity contribution in [1.29, 1.82) is 0 Å². The van der Waals surface area contributed by atoms with Crippen molar-refractivity contribution in [2.45, 2.75) is 49.0 Å². The van der Waals surface area contributed by atoms with E-state index in [0.717, 1.165) is 53.7 Å². The van der Waals surface area contributed by atoms with Crippen molar-refractivity contribution >= 4 is 10.9 Å². The highest BCUT2D eigenvalue weighted by atomic mass is 16.5. The second-order valence-corrected chi connectivity index (χ2v) is 10.5. The van der Waals surface area contributed by atoms with Gasteiger partial charge in [-0.2, -0.15) is 0 Å². The number of aromatic nitrogens is 1.